The number of amides is 1. The second kappa shape index (κ2) is 6.45. The van der Waals surface area contributed by atoms with Gasteiger partial charge in [-0.15, -0.1) is 0 Å². The third-order valence-corrected chi connectivity index (χ3v) is 3.49. The molecule has 1 amide bonds. The Hall–Kier alpha value is -1.71. The first kappa shape index (κ1) is 13.7. The van der Waals surface area contributed by atoms with E-state index in [-0.39, 0.29) is 11.9 Å². The number of methoxy groups -OCH3 is 1. The van der Waals surface area contributed by atoms with Crippen molar-refractivity contribution >= 4 is 11.6 Å². The maximum absolute atomic E-state index is 12.3. The van der Waals surface area contributed by atoms with Gasteiger partial charge in [0.25, 0.3) is 0 Å². The number of carbonyl (C=O) groups excluding carboxylic acids is 1. The summed E-state index contributed by atoms with van der Waals surface area (Å²) in [7, 11) is 1.64. The number of rotatable bonds is 4. The monoisotopic (exact) mass is 262 g/mol. The molecule has 1 aliphatic rings. The van der Waals surface area contributed by atoms with Gasteiger partial charge < -0.3 is 15.0 Å². The Balaban J connectivity index is 1.95. The fourth-order valence-corrected chi connectivity index (χ4v) is 2.41. The smallest absolute Gasteiger partial charge is 0.244 e. The number of ether oxygens (including phenoxy) is 1. The van der Waals surface area contributed by atoms with Crippen molar-refractivity contribution in [3.63, 3.8) is 0 Å². The summed E-state index contributed by atoms with van der Waals surface area (Å²) in [6, 6.07) is 7.45. The highest BCUT2D eigenvalue weighted by Crippen LogP contribution is 2.18. The average molecular weight is 262 g/mol. The molecule has 0 saturated carbocycles. The van der Waals surface area contributed by atoms with Gasteiger partial charge in [-0.1, -0.05) is 6.07 Å². The van der Waals surface area contributed by atoms with Gasteiger partial charge in [0.05, 0.1) is 7.11 Å². The molecule has 1 fully saturated rings. The minimum Gasteiger partial charge on any atom is -0.497 e. The number of nitrogens with one attached hydrogen (secondary N) is 1. The number of carbonyl (C=O) groups is 1. The number of likely N-dealkylation sites (tertiary alicyclic amines) is 1. The van der Waals surface area contributed by atoms with E-state index in [2.05, 4.69) is 5.32 Å². The Morgan fingerprint density at radius 3 is 2.74 bits per heavy atom. The SMILES string of the molecule is COc1cccc(NC(C)C(=O)N2CCCCC2)c1. The average Bonchev–Trinajstić information content (AvgIpc) is 2.47. The summed E-state index contributed by atoms with van der Waals surface area (Å²) >= 11 is 0. The summed E-state index contributed by atoms with van der Waals surface area (Å²) in [4.78, 5) is 14.2. The third kappa shape index (κ3) is 3.63. The molecule has 1 N–H and O–H groups in total. The van der Waals surface area contributed by atoms with Crippen molar-refractivity contribution < 1.29 is 9.53 Å². The van der Waals surface area contributed by atoms with Crippen LogP contribution in [-0.2, 0) is 4.79 Å². The molecule has 4 heteroatoms. The Morgan fingerprint density at radius 1 is 1.32 bits per heavy atom. The van der Waals surface area contributed by atoms with E-state index in [0.717, 1.165) is 37.4 Å². The van der Waals surface area contributed by atoms with Crippen LogP contribution in [0.4, 0.5) is 5.69 Å². The van der Waals surface area contributed by atoms with Crippen LogP contribution in [0.5, 0.6) is 5.75 Å². The van der Waals surface area contributed by atoms with Gasteiger partial charge in [0, 0.05) is 24.8 Å². The lowest BCUT2D eigenvalue weighted by Gasteiger charge is -2.29. The van der Waals surface area contributed by atoms with Crippen molar-refractivity contribution in [1.29, 1.82) is 0 Å². The van der Waals surface area contributed by atoms with Gasteiger partial charge in [0.2, 0.25) is 5.91 Å². The maximum atomic E-state index is 12.3. The first-order valence-corrected chi connectivity index (χ1v) is 6.90. The van der Waals surface area contributed by atoms with E-state index in [1.807, 2.05) is 36.1 Å². The predicted octanol–water partition coefficient (Wildman–Crippen LogP) is 2.51. The molecule has 1 unspecified atom stereocenters. The van der Waals surface area contributed by atoms with Crippen molar-refractivity contribution in [3.8, 4) is 5.75 Å². The molecule has 0 bridgehead atoms. The number of hydrogen-bond donors (Lipinski definition) is 1. The highest BCUT2D eigenvalue weighted by atomic mass is 16.5. The summed E-state index contributed by atoms with van der Waals surface area (Å²) < 4.78 is 5.18. The van der Waals surface area contributed by atoms with Gasteiger partial charge in [0.1, 0.15) is 11.8 Å². The van der Waals surface area contributed by atoms with E-state index in [0.29, 0.717) is 0 Å². The zero-order chi connectivity index (χ0) is 13.7. The van der Waals surface area contributed by atoms with Gasteiger partial charge in [-0.25, -0.2) is 0 Å². The van der Waals surface area contributed by atoms with Crippen LogP contribution in [0.3, 0.4) is 0 Å². The number of anilines is 1. The molecular formula is C15H22N2O2. The fourth-order valence-electron chi connectivity index (χ4n) is 2.41. The van der Waals surface area contributed by atoms with Gasteiger partial charge in [-0.05, 0) is 38.3 Å². The summed E-state index contributed by atoms with van der Waals surface area (Å²) in [6.07, 6.45) is 3.48. The minimum atomic E-state index is -0.204. The van der Waals surface area contributed by atoms with E-state index in [1.54, 1.807) is 7.11 Å². The van der Waals surface area contributed by atoms with Crippen LogP contribution < -0.4 is 10.1 Å². The van der Waals surface area contributed by atoms with E-state index in [4.69, 9.17) is 4.74 Å². The van der Waals surface area contributed by atoms with Crippen molar-refractivity contribution in [3.05, 3.63) is 24.3 Å². The largest absolute Gasteiger partial charge is 0.497 e. The summed E-state index contributed by atoms with van der Waals surface area (Å²) in [5.41, 5.74) is 0.914. The van der Waals surface area contributed by atoms with Gasteiger partial charge in [-0.3, -0.25) is 4.79 Å². The predicted molar refractivity (Wildman–Crippen MR) is 76.5 cm³/mol. The quantitative estimate of drug-likeness (QED) is 0.906. The molecule has 1 heterocycles. The molecule has 1 saturated heterocycles. The molecule has 4 nitrogen and oxygen atoms in total. The van der Waals surface area contributed by atoms with Crippen molar-refractivity contribution in [2.24, 2.45) is 0 Å². The van der Waals surface area contributed by atoms with Gasteiger partial charge in [0.15, 0.2) is 0 Å². The van der Waals surface area contributed by atoms with Crippen LogP contribution in [0.2, 0.25) is 0 Å². The lowest BCUT2D eigenvalue weighted by atomic mass is 10.1. The van der Waals surface area contributed by atoms with E-state index in [1.165, 1.54) is 6.42 Å². The standard InChI is InChI=1S/C15H22N2O2/c1-12(15(18)17-9-4-3-5-10-17)16-13-7-6-8-14(11-13)19-2/h6-8,11-12,16H,3-5,9-10H2,1-2H3. The highest BCUT2D eigenvalue weighted by molar-refractivity contribution is 5.84. The zero-order valence-corrected chi connectivity index (χ0v) is 11.7. The van der Waals surface area contributed by atoms with Crippen molar-refractivity contribution in [2.75, 3.05) is 25.5 Å². The van der Waals surface area contributed by atoms with Crippen LogP contribution in [0, 0.1) is 0 Å². The molecule has 19 heavy (non-hydrogen) atoms. The van der Waals surface area contributed by atoms with Crippen LogP contribution in [0.15, 0.2) is 24.3 Å². The molecule has 0 aliphatic carbocycles. The molecule has 0 radical (unpaired) electrons. The topological polar surface area (TPSA) is 41.6 Å². The second-order valence-corrected chi connectivity index (χ2v) is 4.98. The van der Waals surface area contributed by atoms with Crippen molar-refractivity contribution in [2.45, 2.75) is 32.2 Å². The molecule has 0 aromatic heterocycles. The number of piperidine rings is 1. The third-order valence-electron chi connectivity index (χ3n) is 3.49. The lowest BCUT2D eigenvalue weighted by Crippen LogP contribution is -2.43. The number of benzene rings is 1. The van der Waals surface area contributed by atoms with Crippen LogP contribution in [0.25, 0.3) is 0 Å². The van der Waals surface area contributed by atoms with E-state index in [9.17, 15) is 4.79 Å². The molecule has 104 valence electrons. The molecule has 0 spiro atoms. The van der Waals surface area contributed by atoms with E-state index < -0.39 is 0 Å². The summed E-state index contributed by atoms with van der Waals surface area (Å²) in [6.45, 7) is 3.70. The summed E-state index contributed by atoms with van der Waals surface area (Å²) in [5.74, 6) is 0.977. The van der Waals surface area contributed by atoms with Crippen LogP contribution in [-0.4, -0.2) is 37.0 Å². The molecule has 1 aromatic carbocycles. The Bertz CT molecular complexity index is 428. The van der Waals surface area contributed by atoms with Crippen LogP contribution >= 0.6 is 0 Å². The lowest BCUT2D eigenvalue weighted by molar-refractivity contribution is -0.132. The molecule has 1 atom stereocenters. The van der Waals surface area contributed by atoms with Crippen LogP contribution in [0.1, 0.15) is 26.2 Å². The van der Waals surface area contributed by atoms with Crippen molar-refractivity contribution in [1.82, 2.24) is 4.90 Å². The Morgan fingerprint density at radius 2 is 2.05 bits per heavy atom. The molecule has 1 aliphatic heterocycles. The molecule has 1 aromatic rings. The first-order chi connectivity index (χ1) is 9.20. The Kier molecular flexibility index (Phi) is 4.66. The molecule has 2 rings (SSSR count). The summed E-state index contributed by atoms with van der Waals surface area (Å²) in [5, 5.41) is 3.24. The number of hydrogen-bond acceptors (Lipinski definition) is 3. The second-order valence-electron chi connectivity index (χ2n) is 4.98. The van der Waals surface area contributed by atoms with Gasteiger partial charge >= 0.3 is 0 Å². The van der Waals surface area contributed by atoms with E-state index >= 15 is 0 Å². The normalized spacial score (nSPS) is 16.8. The zero-order valence-electron chi connectivity index (χ0n) is 11.7. The molecular weight excluding hydrogens is 240 g/mol. The maximum Gasteiger partial charge on any atom is 0.244 e. The first-order valence-electron chi connectivity index (χ1n) is 6.90. The highest BCUT2D eigenvalue weighted by Gasteiger charge is 2.21. The van der Waals surface area contributed by atoms with Gasteiger partial charge in [-0.2, -0.15) is 0 Å². The number of nitrogens with zero attached hydrogens (tertiary/aromatic N) is 1. The fraction of sp³-hybridized carbons (Fsp3) is 0.533. The Labute approximate surface area is 114 Å². The minimum absolute atomic E-state index is 0.183.